The summed E-state index contributed by atoms with van der Waals surface area (Å²) in [5, 5.41) is 11.8. The third kappa shape index (κ3) is 3.85. The predicted octanol–water partition coefficient (Wildman–Crippen LogP) is 3.99. The van der Waals surface area contributed by atoms with Crippen LogP contribution in [0.25, 0.3) is 11.4 Å². The molecule has 33 heavy (non-hydrogen) atoms. The third-order valence-corrected chi connectivity index (χ3v) is 6.43. The number of rotatable bonds is 5. The highest BCUT2D eigenvalue weighted by atomic mass is 32.2. The number of fused-ring (bicyclic) bond motifs is 2. The van der Waals surface area contributed by atoms with Gasteiger partial charge in [-0.2, -0.15) is 0 Å². The Hall–Kier alpha value is -4.04. The van der Waals surface area contributed by atoms with Crippen molar-refractivity contribution in [2.75, 3.05) is 11.1 Å². The van der Waals surface area contributed by atoms with Crippen molar-refractivity contribution >= 4 is 34.9 Å². The molecule has 1 amide bonds. The van der Waals surface area contributed by atoms with Gasteiger partial charge in [0.25, 0.3) is 0 Å². The maximum atomic E-state index is 12.9. The van der Waals surface area contributed by atoms with Crippen LogP contribution in [0.1, 0.15) is 31.8 Å². The van der Waals surface area contributed by atoms with Crippen molar-refractivity contribution in [3.63, 3.8) is 0 Å². The van der Waals surface area contributed by atoms with Crippen LogP contribution in [0.4, 0.5) is 5.69 Å². The zero-order valence-electron chi connectivity index (χ0n) is 17.6. The van der Waals surface area contributed by atoms with E-state index in [1.165, 1.54) is 11.8 Å². The molecule has 0 aliphatic heterocycles. The topological polar surface area (TPSA) is 94.0 Å². The van der Waals surface area contributed by atoms with E-state index >= 15 is 0 Å². The second kappa shape index (κ2) is 8.48. The molecule has 5 rings (SSSR count). The first-order chi connectivity index (χ1) is 16.0. The Morgan fingerprint density at radius 2 is 1.48 bits per heavy atom. The fraction of sp³-hybridized carbons (Fsp3) is 0.0800. The van der Waals surface area contributed by atoms with Crippen LogP contribution in [-0.2, 0) is 11.8 Å². The standard InChI is InChI=1S/C25H18N4O3S/c1-29-24(15-7-3-2-4-8-15)27-28-25(29)33-14-21(30)26-16-11-12-19-20(13-16)23(32)18-10-6-5-9-17(18)22(19)31/h2-13H,14H2,1H3,(H,26,30). The smallest absolute Gasteiger partial charge is 0.234 e. The van der Waals surface area contributed by atoms with E-state index in [1.807, 2.05) is 41.9 Å². The van der Waals surface area contributed by atoms with Gasteiger partial charge in [0.05, 0.1) is 5.75 Å². The lowest BCUT2D eigenvalue weighted by Crippen LogP contribution is -2.21. The van der Waals surface area contributed by atoms with E-state index in [4.69, 9.17) is 0 Å². The van der Waals surface area contributed by atoms with Crippen LogP contribution in [0.15, 0.2) is 78.0 Å². The van der Waals surface area contributed by atoms with Crippen LogP contribution in [0.3, 0.4) is 0 Å². The lowest BCUT2D eigenvalue weighted by atomic mass is 9.84. The van der Waals surface area contributed by atoms with Crippen LogP contribution in [0.2, 0.25) is 0 Å². The first-order valence-electron chi connectivity index (χ1n) is 10.2. The van der Waals surface area contributed by atoms with E-state index in [1.54, 1.807) is 42.5 Å². The number of hydrogen-bond acceptors (Lipinski definition) is 6. The highest BCUT2D eigenvalue weighted by Crippen LogP contribution is 2.29. The Balaban J connectivity index is 1.28. The van der Waals surface area contributed by atoms with Gasteiger partial charge in [0, 0.05) is 40.6 Å². The summed E-state index contributed by atoms with van der Waals surface area (Å²) in [5.41, 5.74) is 2.83. The van der Waals surface area contributed by atoms with Crippen LogP contribution in [-0.4, -0.2) is 38.0 Å². The average molecular weight is 455 g/mol. The van der Waals surface area contributed by atoms with Crippen molar-refractivity contribution in [3.05, 3.63) is 95.1 Å². The molecule has 162 valence electrons. The molecule has 8 heteroatoms. The lowest BCUT2D eigenvalue weighted by molar-refractivity contribution is -0.113. The van der Waals surface area contributed by atoms with E-state index in [0.717, 1.165) is 11.4 Å². The maximum absolute atomic E-state index is 12.9. The number of carbonyl (C=O) groups excluding carboxylic acids is 3. The molecule has 0 radical (unpaired) electrons. The largest absolute Gasteiger partial charge is 0.325 e. The van der Waals surface area contributed by atoms with Gasteiger partial charge in [-0.1, -0.05) is 66.4 Å². The van der Waals surface area contributed by atoms with Gasteiger partial charge in [0.1, 0.15) is 0 Å². The molecule has 7 nitrogen and oxygen atoms in total. The molecule has 0 saturated carbocycles. The van der Waals surface area contributed by atoms with Gasteiger partial charge in [-0.05, 0) is 18.2 Å². The minimum absolute atomic E-state index is 0.119. The Bertz CT molecular complexity index is 1410. The van der Waals surface area contributed by atoms with Gasteiger partial charge in [-0.25, -0.2) is 0 Å². The first kappa shape index (κ1) is 20.8. The molecule has 3 aromatic carbocycles. The van der Waals surface area contributed by atoms with E-state index in [9.17, 15) is 14.4 Å². The lowest BCUT2D eigenvalue weighted by Gasteiger charge is -2.18. The van der Waals surface area contributed by atoms with Gasteiger partial charge < -0.3 is 9.88 Å². The molecule has 0 spiro atoms. The number of nitrogens with zero attached hydrogens (tertiary/aromatic N) is 3. The number of amides is 1. The summed E-state index contributed by atoms with van der Waals surface area (Å²) in [6, 6.07) is 21.2. The summed E-state index contributed by atoms with van der Waals surface area (Å²) < 4.78 is 1.84. The van der Waals surface area contributed by atoms with E-state index in [2.05, 4.69) is 15.5 Å². The number of nitrogens with one attached hydrogen (secondary N) is 1. The molecule has 1 aliphatic rings. The number of benzene rings is 3. The quantitative estimate of drug-likeness (QED) is 0.404. The summed E-state index contributed by atoms with van der Waals surface area (Å²) in [4.78, 5) is 38.1. The summed E-state index contributed by atoms with van der Waals surface area (Å²) in [5.74, 6) is 0.173. The van der Waals surface area contributed by atoms with Crippen LogP contribution in [0, 0.1) is 0 Å². The Morgan fingerprint density at radius 1 is 0.848 bits per heavy atom. The van der Waals surface area contributed by atoms with Gasteiger partial charge >= 0.3 is 0 Å². The third-order valence-electron chi connectivity index (χ3n) is 5.41. The summed E-state index contributed by atoms with van der Waals surface area (Å²) >= 11 is 1.27. The number of ketones is 2. The van der Waals surface area contributed by atoms with E-state index in [-0.39, 0.29) is 23.2 Å². The second-order valence-electron chi connectivity index (χ2n) is 7.53. The number of carbonyl (C=O) groups is 3. The number of aromatic nitrogens is 3. The molecule has 0 fully saturated rings. The van der Waals surface area contributed by atoms with Gasteiger partial charge in [0.2, 0.25) is 5.91 Å². The molecule has 0 bridgehead atoms. The second-order valence-corrected chi connectivity index (χ2v) is 8.47. The van der Waals surface area contributed by atoms with Crippen LogP contribution < -0.4 is 5.32 Å². The van der Waals surface area contributed by atoms with Crippen molar-refractivity contribution in [1.82, 2.24) is 14.8 Å². The monoisotopic (exact) mass is 454 g/mol. The van der Waals surface area contributed by atoms with E-state index in [0.29, 0.717) is 33.1 Å². The van der Waals surface area contributed by atoms with Crippen molar-refractivity contribution < 1.29 is 14.4 Å². The van der Waals surface area contributed by atoms with Crippen LogP contribution >= 0.6 is 11.8 Å². The fourth-order valence-corrected chi connectivity index (χ4v) is 4.49. The summed E-state index contributed by atoms with van der Waals surface area (Å²) in [7, 11) is 1.85. The zero-order valence-corrected chi connectivity index (χ0v) is 18.4. The minimum Gasteiger partial charge on any atom is -0.325 e. The zero-order chi connectivity index (χ0) is 22.9. The normalized spacial score (nSPS) is 12.3. The summed E-state index contributed by atoms with van der Waals surface area (Å²) in [6.45, 7) is 0. The van der Waals surface area contributed by atoms with Crippen molar-refractivity contribution in [3.8, 4) is 11.4 Å². The average Bonchev–Trinajstić information content (AvgIpc) is 3.22. The molecule has 0 saturated heterocycles. The maximum Gasteiger partial charge on any atom is 0.234 e. The van der Waals surface area contributed by atoms with Crippen molar-refractivity contribution in [1.29, 1.82) is 0 Å². The van der Waals surface area contributed by atoms with E-state index < -0.39 is 0 Å². The Morgan fingerprint density at radius 3 is 2.21 bits per heavy atom. The molecule has 1 aromatic heterocycles. The van der Waals surface area contributed by atoms with Gasteiger partial charge in [0.15, 0.2) is 22.5 Å². The Labute approximate surface area is 193 Å². The molecule has 1 N–H and O–H groups in total. The Kier molecular flexibility index (Phi) is 5.35. The van der Waals surface area contributed by atoms with Gasteiger partial charge in [-0.3, -0.25) is 14.4 Å². The van der Waals surface area contributed by atoms with Crippen molar-refractivity contribution in [2.24, 2.45) is 7.05 Å². The van der Waals surface area contributed by atoms with Crippen molar-refractivity contribution in [2.45, 2.75) is 5.16 Å². The minimum atomic E-state index is -0.251. The molecule has 0 atom stereocenters. The fourth-order valence-electron chi connectivity index (χ4n) is 3.78. The highest BCUT2D eigenvalue weighted by molar-refractivity contribution is 7.99. The van der Waals surface area contributed by atoms with Gasteiger partial charge in [-0.15, -0.1) is 10.2 Å². The predicted molar refractivity (Wildman–Crippen MR) is 126 cm³/mol. The molecule has 0 unspecified atom stereocenters. The molecule has 1 heterocycles. The summed E-state index contributed by atoms with van der Waals surface area (Å²) in [6.07, 6.45) is 0. The van der Waals surface area contributed by atoms with Crippen LogP contribution in [0.5, 0.6) is 0 Å². The number of thioether (sulfide) groups is 1. The highest BCUT2D eigenvalue weighted by Gasteiger charge is 2.29. The molecular formula is C25H18N4O3S. The number of hydrogen-bond donors (Lipinski definition) is 1. The molecule has 1 aliphatic carbocycles. The number of anilines is 1. The SMILES string of the molecule is Cn1c(SCC(=O)Nc2ccc3c(c2)C(=O)c2ccccc2C3=O)nnc1-c1ccccc1. The first-order valence-corrected chi connectivity index (χ1v) is 11.2. The molecule has 4 aromatic rings. The molecular weight excluding hydrogens is 436 g/mol.